The number of rotatable bonds is 3. The van der Waals surface area contributed by atoms with Crippen LogP contribution in [-0.4, -0.2) is 27.5 Å². The van der Waals surface area contributed by atoms with E-state index in [-0.39, 0.29) is 5.69 Å². The summed E-state index contributed by atoms with van der Waals surface area (Å²) in [7, 11) is 0. The Kier molecular flexibility index (Phi) is 3.85. The monoisotopic (exact) mass is 284 g/mol. The Bertz CT molecular complexity index is 490. The molecule has 1 heterocycles. The normalized spacial score (nSPS) is 26.9. The molecule has 5 nitrogen and oxygen atoms in total. The highest BCUT2D eigenvalue weighted by molar-refractivity contribution is 6.31. The predicted molar refractivity (Wildman–Crippen MR) is 71.3 cm³/mol. The average molecular weight is 285 g/mol. The van der Waals surface area contributed by atoms with Gasteiger partial charge in [0.2, 0.25) is 0 Å². The Morgan fingerprint density at radius 2 is 2.11 bits per heavy atom. The second kappa shape index (κ2) is 5.25. The van der Waals surface area contributed by atoms with E-state index in [0.717, 1.165) is 12.8 Å². The van der Waals surface area contributed by atoms with Gasteiger partial charge in [-0.1, -0.05) is 18.5 Å². The molecule has 3 N–H and O–H groups in total. The van der Waals surface area contributed by atoms with E-state index in [1.807, 2.05) is 0 Å². The van der Waals surface area contributed by atoms with Crippen molar-refractivity contribution >= 4 is 23.5 Å². The first-order chi connectivity index (χ1) is 8.93. The second-order valence-corrected chi connectivity index (χ2v) is 5.69. The molecule has 0 aliphatic heterocycles. The first-order valence-corrected chi connectivity index (χ1v) is 6.70. The first kappa shape index (κ1) is 13.9. The summed E-state index contributed by atoms with van der Waals surface area (Å²) in [5, 5.41) is 12.5. The van der Waals surface area contributed by atoms with E-state index in [0.29, 0.717) is 23.8 Å². The van der Waals surface area contributed by atoms with E-state index >= 15 is 0 Å². The number of carbonyl (C=O) groups is 2. The molecule has 6 heteroatoms. The highest BCUT2D eigenvalue weighted by Crippen LogP contribution is 2.32. The third kappa shape index (κ3) is 2.92. The maximum atomic E-state index is 12.1. The maximum absolute atomic E-state index is 12.1. The van der Waals surface area contributed by atoms with Gasteiger partial charge in [0.25, 0.3) is 5.91 Å². The van der Waals surface area contributed by atoms with Crippen molar-refractivity contribution in [1.29, 1.82) is 0 Å². The van der Waals surface area contributed by atoms with Gasteiger partial charge in [-0.3, -0.25) is 4.79 Å². The summed E-state index contributed by atoms with van der Waals surface area (Å²) in [6.07, 6.45) is 4.02. The number of hydrogen-bond donors (Lipinski definition) is 3. The molecule has 1 amide bonds. The van der Waals surface area contributed by atoms with Crippen molar-refractivity contribution in [3.63, 3.8) is 0 Å². The zero-order valence-corrected chi connectivity index (χ0v) is 11.5. The lowest BCUT2D eigenvalue weighted by Crippen LogP contribution is -2.56. The first-order valence-electron chi connectivity index (χ1n) is 6.33. The predicted octanol–water partition coefficient (Wildman–Crippen LogP) is 2.43. The molecule has 0 bridgehead atoms. The van der Waals surface area contributed by atoms with Crippen molar-refractivity contribution in [2.24, 2.45) is 5.92 Å². The molecule has 1 aliphatic rings. The molecule has 0 saturated heterocycles. The molecular formula is C13H17ClN2O3. The van der Waals surface area contributed by atoms with Gasteiger partial charge < -0.3 is 15.4 Å². The lowest BCUT2D eigenvalue weighted by Gasteiger charge is -2.36. The van der Waals surface area contributed by atoms with E-state index in [1.165, 1.54) is 12.3 Å². The van der Waals surface area contributed by atoms with Crippen LogP contribution in [0.15, 0.2) is 12.3 Å². The largest absolute Gasteiger partial charge is 0.480 e. The molecule has 2 rings (SSSR count). The van der Waals surface area contributed by atoms with Crippen LogP contribution in [0.25, 0.3) is 0 Å². The highest BCUT2D eigenvalue weighted by atomic mass is 35.5. The molecule has 0 radical (unpaired) electrons. The van der Waals surface area contributed by atoms with Gasteiger partial charge in [-0.05, 0) is 37.7 Å². The van der Waals surface area contributed by atoms with Crippen LogP contribution in [0.2, 0.25) is 5.02 Å². The number of H-pyrrole nitrogens is 1. The molecule has 1 saturated carbocycles. The van der Waals surface area contributed by atoms with E-state index in [4.69, 9.17) is 11.6 Å². The molecule has 104 valence electrons. The summed E-state index contributed by atoms with van der Waals surface area (Å²) in [5.41, 5.74) is -0.870. The lowest BCUT2D eigenvalue weighted by molar-refractivity contribution is -0.146. The molecule has 1 fully saturated rings. The van der Waals surface area contributed by atoms with Crippen LogP contribution in [0.5, 0.6) is 0 Å². The van der Waals surface area contributed by atoms with E-state index in [2.05, 4.69) is 17.2 Å². The fourth-order valence-electron chi connectivity index (χ4n) is 2.43. The fourth-order valence-corrected chi connectivity index (χ4v) is 2.59. The fraction of sp³-hybridized carbons (Fsp3) is 0.538. The highest BCUT2D eigenvalue weighted by Gasteiger charge is 2.42. The summed E-state index contributed by atoms with van der Waals surface area (Å²) < 4.78 is 0. The molecular weight excluding hydrogens is 268 g/mol. The Morgan fingerprint density at radius 1 is 1.47 bits per heavy atom. The SMILES string of the molecule is CC1CCC(NC(=O)c2cc(Cl)c[nH]2)(C(=O)O)CC1. The third-order valence-corrected chi connectivity index (χ3v) is 4.00. The number of carboxylic acid groups (broad SMARTS) is 1. The van der Waals surface area contributed by atoms with Gasteiger partial charge in [-0.2, -0.15) is 0 Å². The lowest BCUT2D eigenvalue weighted by atomic mass is 9.77. The molecule has 1 aromatic rings. The van der Waals surface area contributed by atoms with Gasteiger partial charge in [0.15, 0.2) is 0 Å². The number of carboxylic acids is 1. The summed E-state index contributed by atoms with van der Waals surface area (Å²) in [5.74, 6) is -0.890. The quantitative estimate of drug-likeness (QED) is 0.797. The smallest absolute Gasteiger partial charge is 0.329 e. The standard InChI is InChI=1S/C13H17ClN2O3/c1-8-2-4-13(5-3-8,12(18)19)16-11(17)10-6-9(14)7-15-10/h6-8,15H,2-5H2,1H3,(H,16,17)(H,18,19). The number of carbonyl (C=O) groups excluding carboxylic acids is 1. The van der Waals surface area contributed by atoms with Crippen molar-refractivity contribution in [2.45, 2.75) is 38.1 Å². The second-order valence-electron chi connectivity index (χ2n) is 5.26. The van der Waals surface area contributed by atoms with Gasteiger partial charge in [-0.15, -0.1) is 0 Å². The zero-order valence-electron chi connectivity index (χ0n) is 10.7. The van der Waals surface area contributed by atoms with Crippen molar-refractivity contribution in [1.82, 2.24) is 10.3 Å². The van der Waals surface area contributed by atoms with Gasteiger partial charge in [0, 0.05) is 6.20 Å². The van der Waals surface area contributed by atoms with Crippen LogP contribution < -0.4 is 5.32 Å². The number of amides is 1. The summed E-state index contributed by atoms with van der Waals surface area (Å²) >= 11 is 5.74. The average Bonchev–Trinajstić information content (AvgIpc) is 2.79. The van der Waals surface area contributed by atoms with E-state index in [9.17, 15) is 14.7 Å². The number of hydrogen-bond acceptors (Lipinski definition) is 2. The van der Waals surface area contributed by atoms with Crippen molar-refractivity contribution in [3.8, 4) is 0 Å². The minimum absolute atomic E-state index is 0.282. The van der Waals surface area contributed by atoms with Crippen molar-refractivity contribution in [2.75, 3.05) is 0 Å². The Balaban J connectivity index is 2.13. The molecule has 19 heavy (non-hydrogen) atoms. The van der Waals surface area contributed by atoms with E-state index < -0.39 is 17.4 Å². The van der Waals surface area contributed by atoms with Crippen molar-refractivity contribution in [3.05, 3.63) is 23.0 Å². The third-order valence-electron chi connectivity index (χ3n) is 3.78. The summed E-state index contributed by atoms with van der Waals surface area (Å²) in [6.45, 7) is 2.10. The summed E-state index contributed by atoms with van der Waals surface area (Å²) in [4.78, 5) is 26.3. The number of halogens is 1. The van der Waals surface area contributed by atoms with Gasteiger partial charge in [0.1, 0.15) is 11.2 Å². The van der Waals surface area contributed by atoms with Crippen LogP contribution >= 0.6 is 11.6 Å². The number of aromatic nitrogens is 1. The maximum Gasteiger partial charge on any atom is 0.329 e. The molecule has 0 unspecified atom stereocenters. The molecule has 1 aliphatic carbocycles. The molecule has 0 atom stereocenters. The van der Waals surface area contributed by atoms with Gasteiger partial charge in [0.05, 0.1) is 5.02 Å². The van der Waals surface area contributed by atoms with E-state index in [1.54, 1.807) is 0 Å². The Morgan fingerprint density at radius 3 is 2.58 bits per heavy atom. The minimum atomic E-state index is -1.15. The van der Waals surface area contributed by atoms with Crippen LogP contribution in [0.4, 0.5) is 0 Å². The van der Waals surface area contributed by atoms with Crippen LogP contribution in [0.1, 0.15) is 43.1 Å². The van der Waals surface area contributed by atoms with Crippen LogP contribution in [0, 0.1) is 5.92 Å². The van der Waals surface area contributed by atoms with Gasteiger partial charge in [-0.25, -0.2) is 4.79 Å². The Hall–Kier alpha value is -1.49. The molecule has 0 spiro atoms. The summed E-state index contributed by atoms with van der Waals surface area (Å²) in [6, 6.07) is 1.48. The number of nitrogens with one attached hydrogen (secondary N) is 2. The van der Waals surface area contributed by atoms with Gasteiger partial charge >= 0.3 is 5.97 Å². The van der Waals surface area contributed by atoms with Crippen LogP contribution in [0.3, 0.4) is 0 Å². The Labute approximate surface area is 116 Å². The zero-order chi connectivity index (χ0) is 14.0. The molecule has 0 aromatic carbocycles. The molecule has 1 aromatic heterocycles. The minimum Gasteiger partial charge on any atom is -0.480 e. The van der Waals surface area contributed by atoms with Crippen molar-refractivity contribution < 1.29 is 14.7 Å². The number of aromatic amines is 1. The topological polar surface area (TPSA) is 82.2 Å². The van der Waals surface area contributed by atoms with Crippen LogP contribution in [-0.2, 0) is 4.79 Å². The number of aliphatic carboxylic acids is 1.